The van der Waals surface area contributed by atoms with Gasteiger partial charge in [-0.2, -0.15) is 0 Å². The number of rotatable bonds is 7. The molecular weight excluding hydrogens is 230 g/mol. The zero-order valence-corrected chi connectivity index (χ0v) is 13.7. The first kappa shape index (κ1) is 20.0. The summed E-state index contributed by atoms with van der Waals surface area (Å²) in [6, 6.07) is 0. The minimum absolute atomic E-state index is 0.0976. The lowest BCUT2D eigenvalue weighted by atomic mass is 9.82. The zero-order valence-electron chi connectivity index (χ0n) is 13.7. The average molecular weight is 261 g/mol. The molecule has 0 unspecified atom stereocenters. The molecule has 1 heteroatoms. The van der Waals surface area contributed by atoms with Crippen molar-refractivity contribution in [3.63, 3.8) is 0 Å². The lowest BCUT2D eigenvalue weighted by molar-refractivity contribution is 0.591. The van der Waals surface area contributed by atoms with Crippen LogP contribution in [0.4, 0.5) is 0 Å². The lowest BCUT2D eigenvalue weighted by Crippen LogP contribution is -2.11. The van der Waals surface area contributed by atoms with Crippen LogP contribution in [0.2, 0.25) is 0 Å². The van der Waals surface area contributed by atoms with Gasteiger partial charge in [0.05, 0.1) is 5.70 Å². The second-order valence-corrected chi connectivity index (χ2v) is 4.57. The summed E-state index contributed by atoms with van der Waals surface area (Å²) in [6.07, 6.45) is 12.5. The average Bonchev–Trinajstić information content (AvgIpc) is 2.44. The van der Waals surface area contributed by atoms with E-state index >= 15 is 0 Å². The minimum atomic E-state index is -0.0976. The summed E-state index contributed by atoms with van der Waals surface area (Å²) in [6.45, 7) is 20.0. The molecule has 0 aromatic carbocycles. The van der Waals surface area contributed by atoms with Crippen LogP contribution in [0.5, 0.6) is 0 Å². The van der Waals surface area contributed by atoms with Crippen molar-refractivity contribution >= 4 is 6.72 Å². The summed E-state index contributed by atoms with van der Waals surface area (Å²) in [5.41, 5.74) is 1.98. The largest absolute Gasteiger partial charge is 0.264 e. The molecule has 19 heavy (non-hydrogen) atoms. The highest BCUT2D eigenvalue weighted by molar-refractivity contribution is 5.43. The molecule has 0 heterocycles. The van der Waals surface area contributed by atoms with Gasteiger partial charge in [0.25, 0.3) is 0 Å². The van der Waals surface area contributed by atoms with Gasteiger partial charge in [0, 0.05) is 5.41 Å². The highest BCUT2D eigenvalue weighted by atomic mass is 14.7. The Balaban J connectivity index is 0. The molecule has 0 fully saturated rings. The first-order valence-electron chi connectivity index (χ1n) is 7.17. The summed E-state index contributed by atoms with van der Waals surface area (Å²) < 4.78 is 0. The highest BCUT2D eigenvalue weighted by Crippen LogP contribution is 2.32. The molecular formula is C18H31N. The topological polar surface area (TPSA) is 12.4 Å². The molecule has 0 amide bonds. The molecule has 1 nitrogen and oxygen atoms in total. The van der Waals surface area contributed by atoms with Crippen molar-refractivity contribution in [1.82, 2.24) is 0 Å². The Labute approximate surface area is 120 Å². The van der Waals surface area contributed by atoms with E-state index in [4.69, 9.17) is 0 Å². The number of nitrogens with zero attached hydrogens (tertiary/aromatic N) is 1. The van der Waals surface area contributed by atoms with Crippen molar-refractivity contribution in [2.24, 2.45) is 10.4 Å². The van der Waals surface area contributed by atoms with E-state index in [0.717, 1.165) is 24.1 Å². The Kier molecular flexibility index (Phi) is 12.3. The molecule has 0 saturated carbocycles. The number of aliphatic imine (C=N–C) groups is 1. The van der Waals surface area contributed by atoms with Crippen LogP contribution in [0, 0.1) is 5.41 Å². The number of hydrogen-bond acceptors (Lipinski definition) is 1. The van der Waals surface area contributed by atoms with E-state index in [1.54, 1.807) is 0 Å². The standard InChI is InChI=1S/C16H25N.C2H6/c1-7-10-11-13-15(17-6)14(12-8-2)16(4,5)9-3;1-2/h8-9,11-13H,3,6-7,10H2,1-2,4-5H3;1-2H3/b12-8-,13-11-,15-14-;. The Morgan fingerprint density at radius 3 is 2.16 bits per heavy atom. The van der Waals surface area contributed by atoms with Gasteiger partial charge in [-0.25, -0.2) is 0 Å². The van der Waals surface area contributed by atoms with Crippen molar-refractivity contribution in [1.29, 1.82) is 0 Å². The second-order valence-electron chi connectivity index (χ2n) is 4.57. The van der Waals surface area contributed by atoms with Crippen LogP contribution < -0.4 is 0 Å². The fourth-order valence-corrected chi connectivity index (χ4v) is 1.50. The fourth-order valence-electron chi connectivity index (χ4n) is 1.50. The van der Waals surface area contributed by atoms with Gasteiger partial charge in [0.1, 0.15) is 0 Å². The third-order valence-corrected chi connectivity index (χ3v) is 2.72. The second kappa shape index (κ2) is 11.7. The number of hydrogen-bond donors (Lipinski definition) is 0. The van der Waals surface area contributed by atoms with Crippen molar-refractivity contribution in [3.05, 3.63) is 48.2 Å². The van der Waals surface area contributed by atoms with E-state index in [2.05, 4.69) is 57.3 Å². The van der Waals surface area contributed by atoms with Crippen molar-refractivity contribution in [2.45, 2.75) is 54.4 Å². The van der Waals surface area contributed by atoms with Crippen molar-refractivity contribution < 1.29 is 0 Å². The van der Waals surface area contributed by atoms with Gasteiger partial charge in [0.2, 0.25) is 0 Å². The maximum atomic E-state index is 4.14. The van der Waals surface area contributed by atoms with Crippen LogP contribution in [0.25, 0.3) is 0 Å². The van der Waals surface area contributed by atoms with Crippen LogP contribution in [0.15, 0.2) is 53.2 Å². The van der Waals surface area contributed by atoms with E-state index in [0.29, 0.717) is 0 Å². The Hall–Kier alpha value is -1.37. The predicted molar refractivity (Wildman–Crippen MR) is 90.8 cm³/mol. The maximum absolute atomic E-state index is 4.14. The molecule has 0 saturated heterocycles. The van der Waals surface area contributed by atoms with Crippen molar-refractivity contribution in [3.8, 4) is 0 Å². The molecule has 0 N–H and O–H groups in total. The SMILES string of the molecule is C=CC(C)(C)C(/C=C\C)=C(/C=C\CCC)N=C.CC. The molecule has 0 spiro atoms. The van der Waals surface area contributed by atoms with E-state index in [1.807, 2.05) is 32.9 Å². The lowest BCUT2D eigenvalue weighted by Gasteiger charge is -2.23. The first-order chi connectivity index (χ1) is 9.03. The fraction of sp³-hybridized carbons (Fsp3) is 0.500. The quantitative estimate of drug-likeness (QED) is 0.298. The summed E-state index contributed by atoms with van der Waals surface area (Å²) >= 11 is 0. The van der Waals surface area contributed by atoms with Crippen molar-refractivity contribution in [2.75, 3.05) is 0 Å². The molecule has 0 atom stereocenters. The normalized spacial score (nSPS) is 12.9. The van der Waals surface area contributed by atoms with Gasteiger partial charge in [-0.05, 0) is 31.7 Å². The number of allylic oxidation sites excluding steroid dienone is 6. The predicted octanol–water partition coefficient (Wildman–Crippen LogP) is 6.11. The van der Waals surface area contributed by atoms with Gasteiger partial charge < -0.3 is 0 Å². The highest BCUT2D eigenvalue weighted by Gasteiger charge is 2.19. The van der Waals surface area contributed by atoms with E-state index in [9.17, 15) is 0 Å². The minimum Gasteiger partial charge on any atom is -0.264 e. The van der Waals surface area contributed by atoms with E-state index in [-0.39, 0.29) is 5.41 Å². The molecule has 0 aliphatic carbocycles. The van der Waals surface area contributed by atoms with Crippen LogP contribution in [-0.2, 0) is 0 Å². The molecule has 0 bridgehead atoms. The summed E-state index contributed by atoms with van der Waals surface area (Å²) in [7, 11) is 0. The first-order valence-corrected chi connectivity index (χ1v) is 7.17. The summed E-state index contributed by atoms with van der Waals surface area (Å²) in [5.74, 6) is 0. The smallest absolute Gasteiger partial charge is 0.0659 e. The van der Waals surface area contributed by atoms with Crippen LogP contribution >= 0.6 is 0 Å². The zero-order chi connectivity index (χ0) is 15.3. The molecule has 0 aromatic rings. The molecule has 0 aromatic heterocycles. The van der Waals surface area contributed by atoms with E-state index < -0.39 is 0 Å². The van der Waals surface area contributed by atoms with E-state index in [1.165, 1.54) is 0 Å². The molecule has 108 valence electrons. The van der Waals surface area contributed by atoms with Gasteiger partial charge in [0.15, 0.2) is 0 Å². The number of unbranched alkanes of at least 4 members (excludes halogenated alkanes) is 1. The summed E-state index contributed by atoms with van der Waals surface area (Å²) in [4.78, 5) is 4.14. The van der Waals surface area contributed by atoms with Crippen LogP contribution in [0.1, 0.15) is 54.4 Å². The van der Waals surface area contributed by atoms with Crippen LogP contribution in [0.3, 0.4) is 0 Å². The monoisotopic (exact) mass is 261 g/mol. The third kappa shape index (κ3) is 7.61. The summed E-state index contributed by atoms with van der Waals surface area (Å²) in [5, 5.41) is 0. The van der Waals surface area contributed by atoms with Gasteiger partial charge in [-0.3, -0.25) is 4.99 Å². The van der Waals surface area contributed by atoms with Crippen LogP contribution in [-0.4, -0.2) is 6.72 Å². The van der Waals surface area contributed by atoms with Gasteiger partial charge in [-0.15, -0.1) is 6.58 Å². The van der Waals surface area contributed by atoms with Gasteiger partial charge in [-0.1, -0.05) is 65.3 Å². The molecule has 0 rings (SSSR count). The molecule has 0 aliphatic heterocycles. The Bertz CT molecular complexity index is 341. The Morgan fingerprint density at radius 2 is 1.79 bits per heavy atom. The van der Waals surface area contributed by atoms with Gasteiger partial charge >= 0.3 is 0 Å². The Morgan fingerprint density at radius 1 is 1.21 bits per heavy atom. The maximum Gasteiger partial charge on any atom is 0.0659 e. The molecule has 0 radical (unpaired) electrons. The molecule has 0 aliphatic rings. The third-order valence-electron chi connectivity index (χ3n) is 2.72.